The summed E-state index contributed by atoms with van der Waals surface area (Å²) >= 11 is 0. The summed E-state index contributed by atoms with van der Waals surface area (Å²) in [6.45, 7) is 15.5. The first-order valence-corrected chi connectivity index (χ1v) is 22.5. The third-order valence-electron chi connectivity index (χ3n) is 13.2. The van der Waals surface area contributed by atoms with E-state index >= 15 is 8.78 Å². The molecule has 1 spiro atoms. The van der Waals surface area contributed by atoms with Crippen molar-refractivity contribution in [3.8, 4) is 34.5 Å². The summed E-state index contributed by atoms with van der Waals surface area (Å²) < 4.78 is 60.3. The molecule has 4 fully saturated rings. The summed E-state index contributed by atoms with van der Waals surface area (Å²) in [5.74, 6) is 2.12. The largest absolute Gasteiger partial charge is 0.508 e. The number of alkyl halides is 1. The van der Waals surface area contributed by atoms with Gasteiger partial charge in [-0.3, -0.25) is 9.88 Å². The number of carbonyl (C=O) groups is 1. The molecule has 0 bridgehead atoms. The van der Waals surface area contributed by atoms with Crippen LogP contribution in [0.3, 0.4) is 0 Å². The van der Waals surface area contributed by atoms with Crippen molar-refractivity contribution in [2.45, 2.75) is 108 Å². The van der Waals surface area contributed by atoms with E-state index in [2.05, 4.69) is 73.2 Å². The molecule has 14 heteroatoms. The molecule has 2 aromatic heterocycles. The van der Waals surface area contributed by atoms with Crippen LogP contribution in [0.2, 0.25) is 16.6 Å². The van der Waals surface area contributed by atoms with Gasteiger partial charge in [0.2, 0.25) is 0 Å². The van der Waals surface area contributed by atoms with Gasteiger partial charge in [0.25, 0.3) is 0 Å². The summed E-state index contributed by atoms with van der Waals surface area (Å²) in [5.41, 5.74) is 3.29. The third-order valence-corrected chi connectivity index (χ3v) is 19.4. The van der Waals surface area contributed by atoms with Crippen molar-refractivity contribution in [1.82, 2.24) is 25.2 Å². The zero-order valence-corrected chi connectivity index (χ0v) is 34.5. The molecule has 3 atom stereocenters. The number of fused-ring (bicyclic) bond motifs is 3. The lowest BCUT2D eigenvalue weighted by Crippen LogP contribution is -2.51. The second kappa shape index (κ2) is 14.6. The number of carbonyl (C=O) groups excluding carboxylic acids is 1. The van der Waals surface area contributed by atoms with E-state index in [1.807, 2.05) is 4.90 Å². The zero-order valence-electron chi connectivity index (χ0n) is 33.5. The Kier molecular flexibility index (Phi) is 10.1. The highest BCUT2D eigenvalue weighted by Gasteiger charge is 2.50. The lowest BCUT2D eigenvalue weighted by Gasteiger charge is -2.39. The summed E-state index contributed by atoms with van der Waals surface area (Å²) in [5, 5.41) is 14.9. The number of phenols is 1. The zero-order chi connectivity index (χ0) is 40.4. The van der Waals surface area contributed by atoms with Gasteiger partial charge >= 0.3 is 12.1 Å². The number of piperidine rings is 1. The Bertz CT molecular complexity index is 2290. The molecule has 0 radical (unpaired) electrons. The number of hydrogen-bond donors (Lipinski definition) is 2. The Hall–Kier alpha value is -4.61. The monoisotopic (exact) mass is 800 g/mol. The van der Waals surface area contributed by atoms with Gasteiger partial charge in [0.1, 0.15) is 55.0 Å². The first-order valence-electron chi connectivity index (χ1n) is 20.2. The number of aromatic nitrogens is 3. The van der Waals surface area contributed by atoms with Gasteiger partial charge in [-0.2, -0.15) is 9.97 Å². The van der Waals surface area contributed by atoms with E-state index in [0.717, 1.165) is 19.4 Å². The van der Waals surface area contributed by atoms with Gasteiger partial charge in [-0.05, 0) is 72.4 Å². The number of nitrogens with zero attached hydrogens (tertiary/aromatic N) is 5. The molecule has 57 heavy (non-hydrogen) atoms. The molecule has 2 aromatic carbocycles. The van der Waals surface area contributed by atoms with Crippen molar-refractivity contribution >= 4 is 41.7 Å². The highest BCUT2D eigenvalue weighted by molar-refractivity contribution is 6.90. The number of halogens is 3. The van der Waals surface area contributed by atoms with Crippen molar-refractivity contribution < 1.29 is 32.5 Å². The predicted octanol–water partition coefficient (Wildman–Crippen LogP) is 8.43. The van der Waals surface area contributed by atoms with Gasteiger partial charge in [0.15, 0.2) is 5.82 Å². The normalized spacial score (nSPS) is 23.8. The lowest BCUT2D eigenvalue weighted by atomic mass is 9.93. The molecule has 10 nitrogen and oxygen atoms in total. The van der Waals surface area contributed by atoms with Gasteiger partial charge in [0.05, 0.1) is 29.6 Å². The van der Waals surface area contributed by atoms with E-state index < -0.39 is 43.1 Å². The maximum atomic E-state index is 17.4. The second-order valence-corrected chi connectivity index (χ2v) is 23.1. The molecule has 8 rings (SSSR count). The number of nitrogens with one attached hydrogen (secondary N) is 1. The van der Waals surface area contributed by atoms with Crippen molar-refractivity contribution in [3.63, 3.8) is 0 Å². The molecule has 302 valence electrons. The van der Waals surface area contributed by atoms with E-state index in [4.69, 9.17) is 14.5 Å². The molecule has 2 N–H and O–H groups in total. The van der Waals surface area contributed by atoms with Gasteiger partial charge < -0.3 is 24.8 Å². The molecular formula is C43H51F3N6O4Si. The van der Waals surface area contributed by atoms with Crippen molar-refractivity contribution in [3.05, 3.63) is 47.7 Å². The van der Waals surface area contributed by atoms with Crippen LogP contribution >= 0.6 is 0 Å². The van der Waals surface area contributed by atoms with Crippen LogP contribution in [-0.4, -0.2) is 95.8 Å². The SMILES string of the molecule is CC(C)[Si](C#Cc1c(F)ccc2cc(O)cc(-c3ncc4c(N5CCCC6(CNC(=O)O6)C5)nc(OC[C@@]56CCCN5C[C@H](F)C6)nc4c3F)c12)(C(C)C)C(C)C. The lowest BCUT2D eigenvalue weighted by molar-refractivity contribution is 0.0445. The van der Waals surface area contributed by atoms with Crippen LogP contribution in [0.5, 0.6) is 11.8 Å². The van der Waals surface area contributed by atoms with Crippen LogP contribution in [0.25, 0.3) is 32.9 Å². The maximum absolute atomic E-state index is 17.4. The molecule has 4 aromatic rings. The number of ether oxygens (including phenoxy) is 2. The highest BCUT2D eigenvalue weighted by Crippen LogP contribution is 2.44. The van der Waals surface area contributed by atoms with Crippen molar-refractivity contribution in [2.75, 3.05) is 44.2 Å². The Balaban J connectivity index is 1.29. The molecule has 0 aliphatic carbocycles. The Morgan fingerprint density at radius 3 is 2.54 bits per heavy atom. The first kappa shape index (κ1) is 39.2. The number of pyridine rings is 1. The number of rotatable bonds is 8. The first-order chi connectivity index (χ1) is 27.1. The number of hydrogen-bond acceptors (Lipinski definition) is 9. The fourth-order valence-corrected chi connectivity index (χ4v) is 15.7. The minimum atomic E-state index is -2.31. The molecule has 4 aliphatic rings. The van der Waals surface area contributed by atoms with E-state index in [9.17, 15) is 14.3 Å². The average molecular weight is 801 g/mol. The van der Waals surface area contributed by atoms with Crippen LogP contribution in [0, 0.1) is 23.1 Å². The van der Waals surface area contributed by atoms with Crippen molar-refractivity contribution in [1.29, 1.82) is 0 Å². The molecule has 1 unspecified atom stereocenters. The number of benzene rings is 2. The molecule has 6 heterocycles. The maximum Gasteiger partial charge on any atom is 0.407 e. The minimum absolute atomic E-state index is 0.0750. The average Bonchev–Trinajstić information content (AvgIpc) is 3.81. The summed E-state index contributed by atoms with van der Waals surface area (Å²) in [7, 11) is -2.31. The van der Waals surface area contributed by atoms with Gasteiger partial charge in [-0.1, -0.05) is 53.5 Å². The minimum Gasteiger partial charge on any atom is -0.508 e. The fourth-order valence-electron chi connectivity index (χ4n) is 10.5. The van der Waals surface area contributed by atoms with E-state index in [1.54, 1.807) is 6.07 Å². The Labute approximate surface area is 332 Å². The molecular weight excluding hydrogens is 750 g/mol. The van der Waals surface area contributed by atoms with Gasteiger partial charge in [-0.25, -0.2) is 18.0 Å². The van der Waals surface area contributed by atoms with Gasteiger partial charge in [0, 0.05) is 36.7 Å². The van der Waals surface area contributed by atoms with E-state index in [-0.39, 0.29) is 40.7 Å². The fraction of sp³-hybridized carbons (Fsp3) is 0.535. The number of amides is 1. The smallest absolute Gasteiger partial charge is 0.407 e. The summed E-state index contributed by atoms with van der Waals surface area (Å²) in [6, 6.07) is 5.71. The highest BCUT2D eigenvalue weighted by atomic mass is 28.3. The Morgan fingerprint density at radius 2 is 1.82 bits per heavy atom. The number of alkyl carbamates (subject to hydrolysis) is 1. The summed E-state index contributed by atoms with van der Waals surface area (Å²) in [6.07, 6.45) is 3.40. The quantitative estimate of drug-likeness (QED) is 0.134. The predicted molar refractivity (Wildman–Crippen MR) is 217 cm³/mol. The van der Waals surface area contributed by atoms with E-state index in [1.165, 1.54) is 24.4 Å². The van der Waals surface area contributed by atoms with E-state index in [0.29, 0.717) is 84.0 Å². The molecule has 1 amide bonds. The molecule has 4 aliphatic heterocycles. The van der Waals surface area contributed by atoms with Crippen LogP contribution in [0.4, 0.5) is 23.8 Å². The summed E-state index contributed by atoms with van der Waals surface area (Å²) in [4.78, 5) is 30.3. The number of phenolic OH excluding ortho intramolecular Hbond substituents is 1. The van der Waals surface area contributed by atoms with Crippen LogP contribution < -0.4 is 15.0 Å². The molecule has 0 saturated carbocycles. The standard InChI is InChI=1S/C43H51F3N6O4Si/c1-25(2)57(26(3)4,27(5)6)16-11-31-34(45)10-9-28-17-30(53)18-32(35(28)31)37-36(46)38-33(20-47-37)39(51-14-8-13-43(23-51)22-48-41(54)56-43)50-40(49-38)55-24-42-12-7-15-52(42)21-29(44)19-42/h9-10,17-18,20,25-27,29,53H,7-8,12-15,19,21-24H2,1-6H3,(H,48,54)/t29-,42+,43?/m1/s1. The van der Waals surface area contributed by atoms with Crippen LogP contribution in [-0.2, 0) is 4.74 Å². The third kappa shape index (κ3) is 6.74. The van der Waals surface area contributed by atoms with Gasteiger partial charge in [-0.15, -0.1) is 5.54 Å². The second-order valence-electron chi connectivity index (χ2n) is 17.5. The van der Waals surface area contributed by atoms with Crippen molar-refractivity contribution in [2.24, 2.45) is 0 Å². The topological polar surface area (TPSA) is 113 Å². The number of aromatic hydroxyl groups is 1. The Morgan fingerprint density at radius 1 is 1.07 bits per heavy atom. The van der Waals surface area contributed by atoms with Crippen LogP contribution in [0.1, 0.15) is 79.2 Å². The molecule has 4 saturated heterocycles. The van der Waals surface area contributed by atoms with Crippen LogP contribution in [0.15, 0.2) is 30.5 Å². The number of anilines is 1.